The van der Waals surface area contributed by atoms with Gasteiger partial charge in [-0.1, -0.05) is 6.92 Å². The third-order valence-electron chi connectivity index (χ3n) is 3.67. The lowest BCUT2D eigenvalue weighted by molar-refractivity contribution is -0.164. The monoisotopic (exact) mass is 244 g/mol. The molecule has 0 aromatic heterocycles. The van der Waals surface area contributed by atoms with Crippen molar-refractivity contribution in [3.8, 4) is 0 Å². The zero-order chi connectivity index (χ0) is 13.4. The van der Waals surface area contributed by atoms with Crippen LogP contribution in [-0.4, -0.2) is 32.9 Å². The lowest BCUT2D eigenvalue weighted by Crippen LogP contribution is -2.37. The Kier molecular flexibility index (Phi) is 3.52. The summed E-state index contributed by atoms with van der Waals surface area (Å²) in [5, 5.41) is 28.0. The number of carboxylic acids is 2. The second kappa shape index (κ2) is 4.29. The van der Waals surface area contributed by atoms with Crippen LogP contribution in [0.15, 0.2) is 0 Å². The van der Waals surface area contributed by atoms with E-state index in [0.717, 1.165) is 0 Å². The van der Waals surface area contributed by atoms with Crippen LogP contribution in [0.4, 0.5) is 0 Å². The standard InChI is InChI=1S/C12H20O5/c1-7-4-12(9(13)14,10(15)16)6-8(7)5-11(2,3)17/h7-8,17H,4-6H2,1-3H3,(H,13,14)(H,15,16)/t7-,8+/m0/s1. The minimum atomic E-state index is -1.67. The molecule has 3 N–H and O–H groups in total. The molecule has 0 radical (unpaired) electrons. The number of aliphatic carboxylic acids is 2. The van der Waals surface area contributed by atoms with Crippen molar-refractivity contribution in [1.29, 1.82) is 0 Å². The van der Waals surface area contributed by atoms with Crippen LogP contribution in [0.1, 0.15) is 40.0 Å². The van der Waals surface area contributed by atoms with Gasteiger partial charge in [0.15, 0.2) is 5.41 Å². The third-order valence-corrected chi connectivity index (χ3v) is 3.67. The molecule has 0 bridgehead atoms. The fourth-order valence-corrected chi connectivity index (χ4v) is 2.80. The predicted molar refractivity (Wildman–Crippen MR) is 60.5 cm³/mol. The average molecular weight is 244 g/mol. The summed E-state index contributed by atoms with van der Waals surface area (Å²) in [5.74, 6) is -2.61. The van der Waals surface area contributed by atoms with E-state index in [2.05, 4.69) is 0 Å². The third kappa shape index (κ3) is 2.77. The normalized spacial score (nSPS) is 28.0. The molecule has 0 amide bonds. The van der Waals surface area contributed by atoms with Crippen molar-refractivity contribution in [2.75, 3.05) is 0 Å². The molecule has 0 spiro atoms. The molecule has 1 saturated carbocycles. The highest BCUT2D eigenvalue weighted by molar-refractivity contribution is 5.98. The van der Waals surface area contributed by atoms with Crippen LogP contribution in [-0.2, 0) is 9.59 Å². The second-order valence-corrected chi connectivity index (χ2v) is 5.85. The number of aliphatic hydroxyl groups is 1. The van der Waals surface area contributed by atoms with Crippen molar-refractivity contribution in [2.45, 2.75) is 45.6 Å². The Labute approximate surface area is 100 Å². The molecule has 1 aliphatic carbocycles. The van der Waals surface area contributed by atoms with Crippen molar-refractivity contribution in [3.63, 3.8) is 0 Å². The fourth-order valence-electron chi connectivity index (χ4n) is 2.80. The van der Waals surface area contributed by atoms with Gasteiger partial charge in [0.1, 0.15) is 0 Å². The SMILES string of the molecule is C[C@H]1CC(C(=O)O)(C(=O)O)C[C@H]1CC(C)(C)O. The highest BCUT2D eigenvalue weighted by atomic mass is 16.4. The Balaban J connectivity index is 2.90. The molecule has 0 saturated heterocycles. The Morgan fingerprint density at radius 2 is 1.71 bits per heavy atom. The Hall–Kier alpha value is -1.10. The first kappa shape index (κ1) is 14.0. The van der Waals surface area contributed by atoms with E-state index in [-0.39, 0.29) is 24.7 Å². The largest absolute Gasteiger partial charge is 0.480 e. The van der Waals surface area contributed by atoms with E-state index in [1.54, 1.807) is 13.8 Å². The van der Waals surface area contributed by atoms with E-state index < -0.39 is 23.0 Å². The molecule has 2 atom stereocenters. The van der Waals surface area contributed by atoms with Gasteiger partial charge in [-0.15, -0.1) is 0 Å². The summed E-state index contributed by atoms with van der Waals surface area (Å²) < 4.78 is 0. The number of carboxylic acid groups (broad SMARTS) is 2. The topological polar surface area (TPSA) is 94.8 Å². The second-order valence-electron chi connectivity index (χ2n) is 5.85. The lowest BCUT2D eigenvalue weighted by atomic mass is 9.83. The first-order valence-electron chi connectivity index (χ1n) is 5.78. The van der Waals surface area contributed by atoms with E-state index >= 15 is 0 Å². The molecule has 0 aliphatic heterocycles. The number of hydrogen-bond acceptors (Lipinski definition) is 3. The van der Waals surface area contributed by atoms with Gasteiger partial charge in [-0.2, -0.15) is 0 Å². The van der Waals surface area contributed by atoms with Crippen LogP contribution in [0.5, 0.6) is 0 Å². The van der Waals surface area contributed by atoms with E-state index in [9.17, 15) is 14.7 Å². The molecular formula is C12H20O5. The van der Waals surface area contributed by atoms with Crippen LogP contribution in [0.2, 0.25) is 0 Å². The molecule has 0 aromatic rings. The zero-order valence-corrected chi connectivity index (χ0v) is 10.4. The molecule has 1 rings (SSSR count). The summed E-state index contributed by atoms with van der Waals surface area (Å²) in [7, 11) is 0. The maximum absolute atomic E-state index is 11.2. The quantitative estimate of drug-likeness (QED) is 0.649. The molecule has 5 nitrogen and oxygen atoms in total. The van der Waals surface area contributed by atoms with Gasteiger partial charge in [0.25, 0.3) is 0 Å². The Morgan fingerprint density at radius 3 is 2.00 bits per heavy atom. The van der Waals surface area contributed by atoms with Gasteiger partial charge in [-0.05, 0) is 44.9 Å². The molecule has 17 heavy (non-hydrogen) atoms. The number of rotatable bonds is 4. The van der Waals surface area contributed by atoms with Gasteiger partial charge >= 0.3 is 11.9 Å². The first-order chi connectivity index (χ1) is 7.58. The van der Waals surface area contributed by atoms with Crippen molar-refractivity contribution in [3.05, 3.63) is 0 Å². The predicted octanol–water partition coefficient (Wildman–Crippen LogP) is 1.35. The van der Waals surface area contributed by atoms with E-state index in [4.69, 9.17) is 10.2 Å². The minimum absolute atomic E-state index is 0.00590. The van der Waals surface area contributed by atoms with Crippen LogP contribution >= 0.6 is 0 Å². The van der Waals surface area contributed by atoms with E-state index in [1.165, 1.54) is 0 Å². The molecule has 1 aliphatic rings. The van der Waals surface area contributed by atoms with E-state index in [0.29, 0.717) is 6.42 Å². The van der Waals surface area contributed by atoms with Gasteiger partial charge < -0.3 is 15.3 Å². The minimum Gasteiger partial charge on any atom is -0.480 e. The maximum Gasteiger partial charge on any atom is 0.321 e. The molecular weight excluding hydrogens is 224 g/mol. The average Bonchev–Trinajstić information content (AvgIpc) is 2.42. The van der Waals surface area contributed by atoms with Crippen molar-refractivity contribution >= 4 is 11.9 Å². The van der Waals surface area contributed by atoms with Crippen molar-refractivity contribution in [1.82, 2.24) is 0 Å². The van der Waals surface area contributed by atoms with Crippen molar-refractivity contribution in [2.24, 2.45) is 17.3 Å². The van der Waals surface area contributed by atoms with Crippen LogP contribution < -0.4 is 0 Å². The molecule has 5 heteroatoms. The summed E-state index contributed by atoms with van der Waals surface area (Å²) in [6.07, 6.45) is 0.664. The summed E-state index contributed by atoms with van der Waals surface area (Å²) in [6, 6.07) is 0. The molecule has 0 heterocycles. The summed E-state index contributed by atoms with van der Waals surface area (Å²) >= 11 is 0. The van der Waals surface area contributed by atoms with Gasteiger partial charge in [-0.25, -0.2) is 0 Å². The van der Waals surface area contributed by atoms with Crippen LogP contribution in [0, 0.1) is 17.3 Å². The first-order valence-corrected chi connectivity index (χ1v) is 5.78. The highest BCUT2D eigenvalue weighted by Crippen LogP contribution is 2.48. The number of hydrogen-bond donors (Lipinski definition) is 3. The van der Waals surface area contributed by atoms with Gasteiger partial charge in [-0.3, -0.25) is 9.59 Å². The van der Waals surface area contributed by atoms with Gasteiger partial charge in [0, 0.05) is 0 Å². The maximum atomic E-state index is 11.2. The van der Waals surface area contributed by atoms with Gasteiger partial charge in [0.2, 0.25) is 0 Å². The van der Waals surface area contributed by atoms with Crippen LogP contribution in [0.25, 0.3) is 0 Å². The van der Waals surface area contributed by atoms with Gasteiger partial charge in [0.05, 0.1) is 5.60 Å². The Morgan fingerprint density at radius 1 is 1.24 bits per heavy atom. The lowest BCUT2D eigenvalue weighted by Gasteiger charge is -2.24. The molecule has 1 fully saturated rings. The van der Waals surface area contributed by atoms with Crippen molar-refractivity contribution < 1.29 is 24.9 Å². The summed E-state index contributed by atoms with van der Waals surface area (Å²) in [4.78, 5) is 22.4. The molecule has 98 valence electrons. The fraction of sp³-hybridized carbons (Fsp3) is 0.833. The van der Waals surface area contributed by atoms with Crippen LogP contribution in [0.3, 0.4) is 0 Å². The smallest absolute Gasteiger partial charge is 0.321 e. The summed E-state index contributed by atoms with van der Waals surface area (Å²) in [6.45, 7) is 5.16. The number of carbonyl (C=O) groups is 2. The van der Waals surface area contributed by atoms with E-state index in [1.807, 2.05) is 6.92 Å². The molecule has 0 unspecified atom stereocenters. The highest BCUT2D eigenvalue weighted by Gasteiger charge is 2.55. The molecule has 0 aromatic carbocycles. The Bertz CT molecular complexity index is 314. The zero-order valence-electron chi connectivity index (χ0n) is 10.4. The summed E-state index contributed by atoms with van der Waals surface area (Å²) in [5.41, 5.74) is -2.57.